The van der Waals surface area contributed by atoms with Gasteiger partial charge in [-0.25, -0.2) is 4.79 Å². The van der Waals surface area contributed by atoms with Crippen LogP contribution in [0.5, 0.6) is 0 Å². The van der Waals surface area contributed by atoms with E-state index in [1.807, 2.05) is 4.90 Å². The molecule has 2 aromatic rings. The van der Waals surface area contributed by atoms with Crippen LogP contribution in [-0.4, -0.2) is 43.7 Å². The van der Waals surface area contributed by atoms with E-state index in [1.54, 1.807) is 0 Å². The largest absolute Gasteiger partial charge is 0.481 e. The molecular weight excluding hydrogens is 278 g/mol. The van der Waals surface area contributed by atoms with Crippen LogP contribution in [0, 0.1) is 5.92 Å². The molecule has 3 rings (SSSR count). The third-order valence-corrected chi connectivity index (χ3v) is 3.89. The number of H-pyrrole nitrogens is 2. The number of aromatic nitrogens is 4. The lowest BCUT2D eigenvalue weighted by Gasteiger charge is -2.29. The molecule has 0 bridgehead atoms. The Balaban J connectivity index is 1.94. The third kappa shape index (κ3) is 2.20. The van der Waals surface area contributed by atoms with E-state index in [9.17, 15) is 14.4 Å². The molecule has 0 spiro atoms. The van der Waals surface area contributed by atoms with Crippen LogP contribution in [0.2, 0.25) is 0 Å². The molecule has 1 aliphatic heterocycles. The van der Waals surface area contributed by atoms with Crippen LogP contribution < -0.4 is 16.1 Å². The number of anilines is 1. The van der Waals surface area contributed by atoms with Crippen LogP contribution >= 0.6 is 0 Å². The van der Waals surface area contributed by atoms with Crippen molar-refractivity contribution in [3.8, 4) is 0 Å². The second-order valence-electron chi connectivity index (χ2n) is 5.18. The van der Waals surface area contributed by atoms with E-state index < -0.39 is 17.2 Å². The third-order valence-electron chi connectivity index (χ3n) is 3.89. The van der Waals surface area contributed by atoms with Gasteiger partial charge in [0.25, 0.3) is 5.56 Å². The van der Waals surface area contributed by atoms with Crippen molar-refractivity contribution in [2.75, 3.05) is 18.0 Å². The molecule has 9 heteroatoms. The molecule has 0 aromatic carbocycles. The van der Waals surface area contributed by atoms with Crippen molar-refractivity contribution in [3.05, 3.63) is 20.8 Å². The van der Waals surface area contributed by atoms with Crippen LogP contribution in [0.15, 0.2) is 9.59 Å². The first-order valence-electron chi connectivity index (χ1n) is 6.64. The second kappa shape index (κ2) is 4.76. The maximum absolute atomic E-state index is 11.8. The molecule has 1 saturated heterocycles. The number of hydrogen-bond donors (Lipinski definition) is 3. The number of aryl methyl sites for hydroxylation is 1. The van der Waals surface area contributed by atoms with Crippen LogP contribution in [0.25, 0.3) is 11.2 Å². The van der Waals surface area contributed by atoms with Gasteiger partial charge in [0, 0.05) is 20.1 Å². The summed E-state index contributed by atoms with van der Waals surface area (Å²) in [7, 11) is 1.53. The number of rotatable bonds is 2. The highest BCUT2D eigenvalue weighted by molar-refractivity contribution is 5.73. The minimum absolute atomic E-state index is 0.243. The fourth-order valence-corrected chi connectivity index (χ4v) is 2.58. The van der Waals surface area contributed by atoms with Crippen LogP contribution in [0.1, 0.15) is 12.8 Å². The number of fused-ring (bicyclic) bond motifs is 1. The second-order valence-corrected chi connectivity index (χ2v) is 5.18. The smallest absolute Gasteiger partial charge is 0.329 e. The molecule has 0 unspecified atom stereocenters. The lowest BCUT2D eigenvalue weighted by molar-refractivity contribution is -0.142. The number of piperidine rings is 1. The summed E-state index contributed by atoms with van der Waals surface area (Å²) in [5, 5.41) is 8.99. The molecule has 0 amide bonds. The number of nitrogens with zero attached hydrogens (tertiary/aromatic N) is 3. The molecule has 9 nitrogen and oxygen atoms in total. The maximum atomic E-state index is 11.8. The van der Waals surface area contributed by atoms with E-state index >= 15 is 0 Å². The molecule has 21 heavy (non-hydrogen) atoms. The van der Waals surface area contributed by atoms with E-state index in [2.05, 4.69) is 15.0 Å². The zero-order valence-corrected chi connectivity index (χ0v) is 11.4. The lowest BCUT2D eigenvalue weighted by Crippen LogP contribution is -2.36. The number of aromatic amines is 2. The molecule has 112 valence electrons. The molecule has 1 aliphatic rings. The zero-order chi connectivity index (χ0) is 15.1. The number of hydrogen-bond acceptors (Lipinski definition) is 5. The Morgan fingerprint density at radius 1 is 1.29 bits per heavy atom. The lowest BCUT2D eigenvalue weighted by atomic mass is 9.97. The van der Waals surface area contributed by atoms with Crippen molar-refractivity contribution >= 4 is 23.1 Å². The van der Waals surface area contributed by atoms with E-state index in [4.69, 9.17) is 5.11 Å². The van der Waals surface area contributed by atoms with Gasteiger partial charge >= 0.3 is 11.7 Å². The molecule has 1 fully saturated rings. The van der Waals surface area contributed by atoms with Gasteiger partial charge in [0.2, 0.25) is 5.95 Å². The SMILES string of the molecule is Cn1c(=O)[nH]c(=O)c2[nH]c(N3CCC(C(=O)O)CC3)nc21. The van der Waals surface area contributed by atoms with Crippen molar-refractivity contribution in [2.24, 2.45) is 13.0 Å². The summed E-state index contributed by atoms with van der Waals surface area (Å²) in [5.74, 6) is -0.628. The molecule has 0 aliphatic carbocycles. The molecule has 0 saturated carbocycles. The maximum Gasteiger partial charge on any atom is 0.329 e. The molecule has 3 heterocycles. The molecule has 0 radical (unpaired) electrons. The highest BCUT2D eigenvalue weighted by Gasteiger charge is 2.26. The van der Waals surface area contributed by atoms with Gasteiger partial charge in [-0.1, -0.05) is 0 Å². The monoisotopic (exact) mass is 293 g/mol. The highest BCUT2D eigenvalue weighted by atomic mass is 16.4. The zero-order valence-electron chi connectivity index (χ0n) is 11.4. The van der Waals surface area contributed by atoms with Crippen molar-refractivity contribution < 1.29 is 9.90 Å². The number of carboxylic acids is 1. The topological polar surface area (TPSA) is 124 Å². The summed E-state index contributed by atoms with van der Waals surface area (Å²) in [6, 6.07) is 0. The fourth-order valence-electron chi connectivity index (χ4n) is 2.58. The minimum atomic E-state index is -0.780. The highest BCUT2D eigenvalue weighted by Crippen LogP contribution is 2.22. The Morgan fingerprint density at radius 2 is 1.95 bits per heavy atom. The van der Waals surface area contributed by atoms with E-state index in [-0.39, 0.29) is 11.4 Å². The van der Waals surface area contributed by atoms with Crippen LogP contribution in [0.3, 0.4) is 0 Å². The van der Waals surface area contributed by atoms with Gasteiger partial charge in [0.15, 0.2) is 11.2 Å². The van der Waals surface area contributed by atoms with Gasteiger partial charge < -0.3 is 15.0 Å². The summed E-state index contributed by atoms with van der Waals surface area (Å²) >= 11 is 0. The number of carboxylic acid groups (broad SMARTS) is 1. The number of nitrogens with one attached hydrogen (secondary N) is 2. The van der Waals surface area contributed by atoms with Crippen molar-refractivity contribution in [1.29, 1.82) is 0 Å². The summed E-state index contributed by atoms with van der Waals surface area (Å²) in [5.41, 5.74) is -0.492. The summed E-state index contributed by atoms with van der Waals surface area (Å²) in [6.07, 6.45) is 1.06. The number of aliphatic carboxylic acids is 1. The predicted octanol–water partition coefficient (Wildman–Crippen LogP) is -0.749. The predicted molar refractivity (Wildman–Crippen MR) is 74.5 cm³/mol. The average Bonchev–Trinajstić information content (AvgIpc) is 2.91. The Kier molecular flexibility index (Phi) is 3.04. The Morgan fingerprint density at radius 3 is 2.57 bits per heavy atom. The van der Waals surface area contributed by atoms with Gasteiger partial charge in [-0.05, 0) is 12.8 Å². The summed E-state index contributed by atoms with van der Waals surface area (Å²) in [6.45, 7) is 1.09. The van der Waals surface area contributed by atoms with Gasteiger partial charge in [-0.15, -0.1) is 0 Å². The molecule has 3 N–H and O–H groups in total. The van der Waals surface area contributed by atoms with Gasteiger partial charge in [0.05, 0.1) is 5.92 Å². The van der Waals surface area contributed by atoms with E-state index in [1.165, 1.54) is 11.6 Å². The average molecular weight is 293 g/mol. The van der Waals surface area contributed by atoms with Crippen LogP contribution in [-0.2, 0) is 11.8 Å². The first-order chi connectivity index (χ1) is 9.97. The molecule has 0 atom stereocenters. The minimum Gasteiger partial charge on any atom is -0.481 e. The van der Waals surface area contributed by atoms with Crippen molar-refractivity contribution in [3.63, 3.8) is 0 Å². The standard InChI is InChI=1S/C12H15N5O4/c1-16-8-7(9(18)15-12(16)21)13-11(14-8)17-4-2-6(3-5-17)10(19)20/h6H,2-5H2,1H3,(H,13,14)(H,19,20)(H,15,18,21). The fraction of sp³-hybridized carbons (Fsp3) is 0.500. The van der Waals surface area contributed by atoms with Gasteiger partial charge in [-0.2, -0.15) is 4.98 Å². The Hall–Kier alpha value is -2.58. The van der Waals surface area contributed by atoms with Crippen molar-refractivity contribution in [1.82, 2.24) is 19.5 Å². The van der Waals surface area contributed by atoms with E-state index in [0.29, 0.717) is 37.5 Å². The summed E-state index contributed by atoms with van der Waals surface area (Å²) in [4.78, 5) is 45.5. The Bertz CT molecular complexity index is 809. The molecule has 2 aromatic heterocycles. The van der Waals surface area contributed by atoms with E-state index in [0.717, 1.165) is 0 Å². The first kappa shape index (κ1) is 13.4. The van der Waals surface area contributed by atoms with Crippen LogP contribution in [0.4, 0.5) is 5.95 Å². The van der Waals surface area contributed by atoms with Crippen molar-refractivity contribution in [2.45, 2.75) is 12.8 Å². The Labute approximate surface area is 118 Å². The normalized spacial score (nSPS) is 16.5. The number of carbonyl (C=O) groups is 1. The number of imidazole rings is 1. The van der Waals surface area contributed by atoms with Gasteiger partial charge in [0.1, 0.15) is 0 Å². The summed E-state index contributed by atoms with van der Waals surface area (Å²) < 4.78 is 1.26. The van der Waals surface area contributed by atoms with Gasteiger partial charge in [-0.3, -0.25) is 19.1 Å². The molecular formula is C12H15N5O4. The first-order valence-corrected chi connectivity index (χ1v) is 6.64. The quantitative estimate of drug-likeness (QED) is 0.669.